The summed E-state index contributed by atoms with van der Waals surface area (Å²) in [6.07, 6.45) is 3.59. The first kappa shape index (κ1) is 20.9. The highest BCUT2D eigenvalue weighted by molar-refractivity contribution is 7.52. The second kappa shape index (κ2) is 7.57. The quantitative estimate of drug-likeness (QED) is 0.675. The van der Waals surface area contributed by atoms with Crippen molar-refractivity contribution in [1.82, 2.24) is 10.2 Å². The normalized spacial score (nSPS) is 35.7. The lowest BCUT2D eigenvalue weighted by molar-refractivity contribution is 0.0307. The first-order valence-corrected chi connectivity index (χ1v) is 12.4. The summed E-state index contributed by atoms with van der Waals surface area (Å²) in [5, 5.41) is 6.12. The maximum absolute atomic E-state index is 12.9. The van der Waals surface area contributed by atoms with Crippen LogP contribution in [0, 0.1) is 10.8 Å². The van der Waals surface area contributed by atoms with Gasteiger partial charge in [0.25, 0.3) is 0 Å². The van der Waals surface area contributed by atoms with E-state index in [1.165, 1.54) is 0 Å². The van der Waals surface area contributed by atoms with Crippen LogP contribution in [0.15, 0.2) is 0 Å². The van der Waals surface area contributed by atoms with Crippen LogP contribution in [-0.4, -0.2) is 38.5 Å². The summed E-state index contributed by atoms with van der Waals surface area (Å²) in [7, 11) is -6.71. The summed E-state index contributed by atoms with van der Waals surface area (Å²) in [6, 6.07) is -0.354. The minimum Gasteiger partial charge on any atom is -0.296 e. The molecule has 2 N–H and O–H groups in total. The summed E-state index contributed by atoms with van der Waals surface area (Å²) in [5.74, 6) is 0. The van der Waals surface area contributed by atoms with Crippen LogP contribution in [0.5, 0.6) is 0 Å². The Bertz CT molecular complexity index is 532. The molecule has 0 spiro atoms. The van der Waals surface area contributed by atoms with E-state index < -0.39 is 15.5 Å². The molecule has 2 saturated heterocycles. The van der Waals surface area contributed by atoms with Crippen molar-refractivity contribution in [3.63, 3.8) is 0 Å². The Kier molecular flexibility index (Phi) is 6.09. The molecule has 26 heavy (non-hydrogen) atoms. The number of hydrogen-bond acceptors (Lipinski definition) is 6. The predicted molar refractivity (Wildman–Crippen MR) is 98.9 cm³/mol. The highest BCUT2D eigenvalue weighted by atomic mass is 31.2. The third kappa shape index (κ3) is 5.39. The Morgan fingerprint density at radius 2 is 1.00 bits per heavy atom. The summed E-state index contributed by atoms with van der Waals surface area (Å²) >= 11 is 0. The zero-order chi connectivity index (χ0) is 19.1. The molecule has 3 rings (SSSR count). The Hall–Kier alpha value is 0.220. The van der Waals surface area contributed by atoms with Crippen LogP contribution in [0.4, 0.5) is 0 Å². The molecule has 0 amide bonds. The zero-order valence-corrected chi connectivity index (χ0v) is 17.9. The molecule has 1 aliphatic carbocycles. The van der Waals surface area contributed by atoms with Gasteiger partial charge in [0, 0.05) is 22.9 Å². The molecule has 2 aliphatic heterocycles. The van der Waals surface area contributed by atoms with Gasteiger partial charge in [-0.2, -0.15) is 0 Å². The van der Waals surface area contributed by atoms with Gasteiger partial charge in [0.2, 0.25) is 0 Å². The predicted octanol–water partition coefficient (Wildman–Crippen LogP) is 3.84. The Morgan fingerprint density at radius 1 is 0.692 bits per heavy atom. The van der Waals surface area contributed by atoms with Gasteiger partial charge in [0.05, 0.1) is 26.4 Å². The van der Waals surface area contributed by atoms with E-state index in [9.17, 15) is 9.13 Å². The standard InChI is InChI=1S/C16H32N2O6P2/c1-15(2)9-21-25(19,22-10-15)17-13-7-5-6-8-14(13)18-26(20)23-11-16(3,4)12-24-26/h13-14H,5-12H2,1-4H3,(H,17,19)(H,18,20)/t13-,14-/m1/s1. The third-order valence-corrected chi connectivity index (χ3v) is 8.09. The smallest absolute Gasteiger partial charge is 0.296 e. The molecule has 0 bridgehead atoms. The van der Waals surface area contributed by atoms with Crippen molar-refractivity contribution in [3.8, 4) is 0 Å². The molecule has 0 radical (unpaired) electrons. The highest BCUT2D eigenvalue weighted by Gasteiger charge is 2.43. The zero-order valence-electron chi connectivity index (χ0n) is 16.2. The van der Waals surface area contributed by atoms with Crippen molar-refractivity contribution in [2.24, 2.45) is 10.8 Å². The minimum atomic E-state index is -3.36. The molecule has 8 nitrogen and oxygen atoms in total. The molecular formula is C16H32N2O6P2. The van der Waals surface area contributed by atoms with E-state index in [2.05, 4.69) is 10.2 Å². The Labute approximate surface area is 156 Å². The van der Waals surface area contributed by atoms with Crippen molar-refractivity contribution < 1.29 is 27.2 Å². The van der Waals surface area contributed by atoms with Gasteiger partial charge < -0.3 is 0 Å². The van der Waals surface area contributed by atoms with Crippen LogP contribution in [-0.2, 0) is 27.2 Å². The van der Waals surface area contributed by atoms with Crippen molar-refractivity contribution in [2.45, 2.75) is 65.5 Å². The number of nitrogens with one attached hydrogen (secondary N) is 2. The average Bonchev–Trinajstić information content (AvgIpc) is 2.56. The van der Waals surface area contributed by atoms with Gasteiger partial charge in [-0.25, -0.2) is 19.3 Å². The molecule has 2 atom stereocenters. The van der Waals surface area contributed by atoms with Gasteiger partial charge in [0.15, 0.2) is 0 Å². The van der Waals surface area contributed by atoms with Gasteiger partial charge in [-0.3, -0.25) is 18.1 Å². The molecule has 152 valence electrons. The Balaban J connectivity index is 1.62. The lowest BCUT2D eigenvalue weighted by Gasteiger charge is -2.41. The van der Waals surface area contributed by atoms with Crippen molar-refractivity contribution in [1.29, 1.82) is 0 Å². The molecule has 3 aliphatic rings. The second-order valence-corrected chi connectivity index (χ2v) is 12.7. The van der Waals surface area contributed by atoms with E-state index in [0.717, 1.165) is 25.7 Å². The van der Waals surface area contributed by atoms with Crippen molar-refractivity contribution in [2.75, 3.05) is 26.4 Å². The molecular weight excluding hydrogens is 378 g/mol. The van der Waals surface area contributed by atoms with Crippen LogP contribution in [0.1, 0.15) is 53.4 Å². The number of hydrogen-bond donors (Lipinski definition) is 2. The van der Waals surface area contributed by atoms with E-state index in [0.29, 0.717) is 26.4 Å². The molecule has 10 heteroatoms. The fraction of sp³-hybridized carbons (Fsp3) is 1.00. The van der Waals surface area contributed by atoms with Crippen LogP contribution in [0.3, 0.4) is 0 Å². The number of rotatable bonds is 4. The van der Waals surface area contributed by atoms with Crippen molar-refractivity contribution >= 4 is 15.5 Å². The third-order valence-electron chi connectivity index (χ3n) is 4.91. The van der Waals surface area contributed by atoms with Crippen LogP contribution < -0.4 is 10.2 Å². The van der Waals surface area contributed by atoms with Gasteiger partial charge in [-0.05, 0) is 12.8 Å². The van der Waals surface area contributed by atoms with Crippen LogP contribution in [0.25, 0.3) is 0 Å². The van der Waals surface area contributed by atoms with Crippen molar-refractivity contribution in [3.05, 3.63) is 0 Å². The topological polar surface area (TPSA) is 95.1 Å². The molecule has 1 saturated carbocycles. The van der Waals surface area contributed by atoms with E-state index >= 15 is 0 Å². The molecule has 0 aromatic carbocycles. The van der Waals surface area contributed by atoms with E-state index in [-0.39, 0.29) is 22.9 Å². The van der Waals surface area contributed by atoms with Gasteiger partial charge in [-0.15, -0.1) is 0 Å². The monoisotopic (exact) mass is 410 g/mol. The minimum absolute atomic E-state index is 0.152. The molecule has 0 aromatic rings. The summed E-state index contributed by atoms with van der Waals surface area (Å²) in [4.78, 5) is 0. The van der Waals surface area contributed by atoms with Gasteiger partial charge in [-0.1, -0.05) is 40.5 Å². The lowest BCUT2D eigenvalue weighted by atomic mass is 9.92. The maximum Gasteiger partial charge on any atom is 0.405 e. The first-order chi connectivity index (χ1) is 12.0. The Morgan fingerprint density at radius 3 is 1.31 bits per heavy atom. The molecule has 3 fully saturated rings. The van der Waals surface area contributed by atoms with Crippen LogP contribution >= 0.6 is 15.5 Å². The summed E-state index contributed by atoms with van der Waals surface area (Å²) in [6.45, 7) is 9.53. The largest absolute Gasteiger partial charge is 0.405 e. The van der Waals surface area contributed by atoms with Gasteiger partial charge >= 0.3 is 15.5 Å². The van der Waals surface area contributed by atoms with Gasteiger partial charge in [0.1, 0.15) is 0 Å². The second-order valence-electron chi connectivity index (χ2n) is 9.17. The molecule has 0 aromatic heterocycles. The van der Waals surface area contributed by atoms with E-state index in [1.807, 2.05) is 27.7 Å². The lowest BCUT2D eigenvalue weighted by Crippen LogP contribution is -2.50. The van der Waals surface area contributed by atoms with E-state index in [4.69, 9.17) is 18.1 Å². The van der Waals surface area contributed by atoms with Crippen LogP contribution in [0.2, 0.25) is 0 Å². The maximum atomic E-state index is 12.9. The highest BCUT2D eigenvalue weighted by Crippen LogP contribution is 2.53. The summed E-state index contributed by atoms with van der Waals surface area (Å²) < 4.78 is 47.9. The fourth-order valence-corrected chi connectivity index (χ4v) is 7.15. The first-order valence-electron chi connectivity index (χ1n) is 9.34. The fourth-order valence-electron chi connectivity index (χ4n) is 3.19. The van der Waals surface area contributed by atoms with E-state index in [1.54, 1.807) is 0 Å². The summed E-state index contributed by atoms with van der Waals surface area (Å²) in [5.41, 5.74) is -0.304. The average molecular weight is 410 g/mol. The molecule has 2 heterocycles. The molecule has 0 unspecified atom stereocenters. The SMILES string of the molecule is CC1(C)COP(=O)(N[C@@H]2CCCC[C@H]2NP2(=O)OCC(C)(C)CO2)OC1.